The molecule has 2 aromatic heterocycles. The third-order valence-corrected chi connectivity index (χ3v) is 5.67. The topological polar surface area (TPSA) is 73.9 Å². The van der Waals surface area contributed by atoms with Crippen LogP contribution in [0.1, 0.15) is 28.1 Å². The summed E-state index contributed by atoms with van der Waals surface area (Å²) >= 11 is 7.76. The number of para-hydroxylation sites is 1. The molecule has 1 aliphatic heterocycles. The van der Waals surface area contributed by atoms with Crippen LogP contribution in [0.25, 0.3) is 11.0 Å². The third-order valence-electron chi connectivity index (χ3n) is 4.26. The van der Waals surface area contributed by atoms with Crippen molar-refractivity contribution in [3.05, 3.63) is 39.6 Å². The molecule has 2 N–H and O–H groups in total. The van der Waals surface area contributed by atoms with Crippen LogP contribution in [0.2, 0.25) is 5.02 Å². The van der Waals surface area contributed by atoms with E-state index in [2.05, 4.69) is 20.3 Å². The average molecular weight is 362 g/mol. The molecular weight excluding hydrogens is 346 g/mol. The van der Waals surface area contributed by atoms with Crippen LogP contribution in [0.4, 0.5) is 5.13 Å². The van der Waals surface area contributed by atoms with E-state index in [4.69, 9.17) is 11.6 Å². The Labute approximate surface area is 147 Å². The summed E-state index contributed by atoms with van der Waals surface area (Å²) < 4.78 is 0. The first-order chi connectivity index (χ1) is 11.6. The number of carbonyl (C=O) groups excluding carboxylic acids is 1. The standard InChI is InChI=1S/C16H16ClN5OS/c1-8-6-11-12(24-16(18-2)20-11)7-22(8)15(23)14-19-10-5-3-4-9(17)13(10)21-14/h3-5,8H,6-7H2,1-2H3,(H,18,20)(H,19,21)/t8-/m1/s1. The Morgan fingerprint density at radius 3 is 3.04 bits per heavy atom. The largest absolute Gasteiger partial charge is 0.365 e. The molecule has 0 radical (unpaired) electrons. The minimum absolute atomic E-state index is 0.0699. The molecule has 1 aromatic carbocycles. The number of amides is 1. The lowest BCUT2D eigenvalue weighted by Gasteiger charge is -2.31. The molecule has 1 atom stereocenters. The van der Waals surface area contributed by atoms with Crippen molar-refractivity contribution < 1.29 is 4.79 Å². The van der Waals surface area contributed by atoms with Gasteiger partial charge in [-0.2, -0.15) is 0 Å². The first-order valence-corrected chi connectivity index (χ1v) is 8.87. The molecule has 6 nitrogen and oxygen atoms in total. The SMILES string of the molecule is CNc1nc2c(s1)CN(C(=O)c1nc3cccc(Cl)c3[nH]1)[C@H](C)C2. The number of nitrogens with one attached hydrogen (secondary N) is 2. The van der Waals surface area contributed by atoms with Crippen LogP contribution in [0.15, 0.2) is 18.2 Å². The molecule has 1 amide bonds. The number of hydrogen-bond acceptors (Lipinski definition) is 5. The number of hydrogen-bond donors (Lipinski definition) is 2. The molecule has 3 aromatic rings. The quantitative estimate of drug-likeness (QED) is 0.734. The summed E-state index contributed by atoms with van der Waals surface area (Å²) in [4.78, 5) is 27.9. The number of imidazole rings is 1. The number of rotatable bonds is 2. The summed E-state index contributed by atoms with van der Waals surface area (Å²) in [6.07, 6.45) is 0.750. The molecule has 0 saturated heterocycles. The fourth-order valence-electron chi connectivity index (χ4n) is 2.98. The fourth-order valence-corrected chi connectivity index (χ4v) is 4.14. The van der Waals surface area contributed by atoms with Crippen LogP contribution in [0.5, 0.6) is 0 Å². The molecule has 124 valence electrons. The molecular formula is C16H16ClN5OS. The van der Waals surface area contributed by atoms with Crippen molar-refractivity contribution in [2.24, 2.45) is 0 Å². The summed E-state index contributed by atoms with van der Waals surface area (Å²) in [7, 11) is 1.86. The van der Waals surface area contributed by atoms with Crippen LogP contribution < -0.4 is 5.32 Å². The Morgan fingerprint density at radius 1 is 1.46 bits per heavy atom. The highest BCUT2D eigenvalue weighted by atomic mass is 35.5. The Morgan fingerprint density at radius 2 is 2.29 bits per heavy atom. The summed E-state index contributed by atoms with van der Waals surface area (Å²) in [5, 5.41) is 4.52. The van der Waals surface area contributed by atoms with E-state index in [-0.39, 0.29) is 11.9 Å². The molecule has 4 rings (SSSR count). The Hall–Kier alpha value is -2.12. The number of fused-ring (bicyclic) bond motifs is 2. The maximum absolute atomic E-state index is 12.9. The van der Waals surface area contributed by atoms with Gasteiger partial charge in [0.15, 0.2) is 11.0 Å². The number of benzene rings is 1. The molecule has 0 unspecified atom stereocenters. The highest BCUT2D eigenvalue weighted by molar-refractivity contribution is 7.15. The average Bonchev–Trinajstić information content (AvgIpc) is 3.17. The normalized spacial score (nSPS) is 17.1. The maximum Gasteiger partial charge on any atom is 0.290 e. The Bertz CT molecular complexity index is 934. The maximum atomic E-state index is 12.9. The van der Waals surface area contributed by atoms with Gasteiger partial charge in [0.2, 0.25) is 0 Å². The fraction of sp³-hybridized carbons (Fsp3) is 0.312. The zero-order chi connectivity index (χ0) is 16.8. The van der Waals surface area contributed by atoms with E-state index in [0.29, 0.717) is 28.4 Å². The van der Waals surface area contributed by atoms with Gasteiger partial charge < -0.3 is 15.2 Å². The number of carbonyl (C=O) groups is 1. The van der Waals surface area contributed by atoms with E-state index in [1.807, 2.05) is 31.0 Å². The zero-order valence-electron chi connectivity index (χ0n) is 13.3. The molecule has 1 aliphatic rings. The van der Waals surface area contributed by atoms with Crippen molar-refractivity contribution >= 4 is 45.0 Å². The molecule has 0 saturated carbocycles. The van der Waals surface area contributed by atoms with E-state index in [1.54, 1.807) is 17.4 Å². The van der Waals surface area contributed by atoms with Crippen molar-refractivity contribution in [1.29, 1.82) is 0 Å². The zero-order valence-corrected chi connectivity index (χ0v) is 14.8. The number of nitrogens with zero attached hydrogens (tertiary/aromatic N) is 3. The van der Waals surface area contributed by atoms with E-state index < -0.39 is 0 Å². The number of anilines is 1. The number of halogens is 1. The smallest absolute Gasteiger partial charge is 0.290 e. The van der Waals surface area contributed by atoms with Gasteiger partial charge in [0.05, 0.1) is 28.3 Å². The first-order valence-electron chi connectivity index (χ1n) is 7.68. The van der Waals surface area contributed by atoms with Crippen molar-refractivity contribution in [3.63, 3.8) is 0 Å². The number of aromatic amines is 1. The third kappa shape index (κ3) is 2.44. The number of thiazole rings is 1. The molecule has 0 aliphatic carbocycles. The van der Waals surface area contributed by atoms with Crippen molar-refractivity contribution in [1.82, 2.24) is 19.9 Å². The molecule has 24 heavy (non-hydrogen) atoms. The predicted molar refractivity (Wildman–Crippen MR) is 95.8 cm³/mol. The van der Waals surface area contributed by atoms with Gasteiger partial charge in [-0.25, -0.2) is 9.97 Å². The first kappa shape index (κ1) is 15.4. The summed E-state index contributed by atoms with van der Waals surface area (Å²) in [5.74, 6) is 0.214. The van der Waals surface area contributed by atoms with Gasteiger partial charge in [0, 0.05) is 24.4 Å². The van der Waals surface area contributed by atoms with Crippen LogP contribution in [-0.4, -0.2) is 38.8 Å². The molecule has 8 heteroatoms. The van der Waals surface area contributed by atoms with Crippen LogP contribution in [-0.2, 0) is 13.0 Å². The second-order valence-corrected chi connectivity index (χ2v) is 7.34. The molecule has 0 spiro atoms. The lowest BCUT2D eigenvalue weighted by molar-refractivity contribution is 0.0649. The second kappa shape index (κ2) is 5.75. The van der Waals surface area contributed by atoms with Gasteiger partial charge in [-0.3, -0.25) is 4.79 Å². The van der Waals surface area contributed by atoms with Crippen LogP contribution in [0.3, 0.4) is 0 Å². The van der Waals surface area contributed by atoms with Gasteiger partial charge >= 0.3 is 0 Å². The van der Waals surface area contributed by atoms with Gasteiger partial charge in [-0.1, -0.05) is 29.0 Å². The Kier molecular flexibility index (Phi) is 3.69. The summed E-state index contributed by atoms with van der Waals surface area (Å²) in [6.45, 7) is 2.59. The molecule has 0 fully saturated rings. The predicted octanol–water partition coefficient (Wildman–Crippen LogP) is 3.30. The van der Waals surface area contributed by atoms with Crippen molar-refractivity contribution in [3.8, 4) is 0 Å². The minimum atomic E-state index is -0.111. The summed E-state index contributed by atoms with van der Waals surface area (Å²) in [5.41, 5.74) is 2.48. The van der Waals surface area contributed by atoms with Crippen molar-refractivity contribution in [2.75, 3.05) is 12.4 Å². The monoisotopic (exact) mass is 361 g/mol. The lowest BCUT2D eigenvalue weighted by Crippen LogP contribution is -2.42. The Balaban J connectivity index is 1.66. The number of aromatic nitrogens is 3. The van der Waals surface area contributed by atoms with E-state index >= 15 is 0 Å². The highest BCUT2D eigenvalue weighted by Crippen LogP contribution is 2.31. The highest BCUT2D eigenvalue weighted by Gasteiger charge is 2.31. The summed E-state index contributed by atoms with van der Waals surface area (Å²) in [6, 6.07) is 5.52. The van der Waals surface area contributed by atoms with Crippen LogP contribution in [0, 0.1) is 0 Å². The molecule has 3 heterocycles. The van der Waals surface area contributed by atoms with Crippen LogP contribution >= 0.6 is 22.9 Å². The van der Waals surface area contributed by atoms with Gasteiger partial charge in [0.25, 0.3) is 5.91 Å². The van der Waals surface area contributed by atoms with Gasteiger partial charge in [0.1, 0.15) is 0 Å². The van der Waals surface area contributed by atoms with Crippen molar-refractivity contribution in [2.45, 2.75) is 25.9 Å². The van der Waals surface area contributed by atoms with Gasteiger partial charge in [-0.15, -0.1) is 0 Å². The number of H-pyrrole nitrogens is 1. The second-order valence-electron chi connectivity index (χ2n) is 5.84. The molecule has 0 bridgehead atoms. The minimum Gasteiger partial charge on any atom is -0.365 e. The van der Waals surface area contributed by atoms with Gasteiger partial charge in [-0.05, 0) is 19.1 Å². The lowest BCUT2D eigenvalue weighted by atomic mass is 10.1. The van der Waals surface area contributed by atoms with E-state index in [0.717, 1.165) is 22.1 Å². The van der Waals surface area contributed by atoms with E-state index in [9.17, 15) is 4.79 Å². The van der Waals surface area contributed by atoms with E-state index in [1.165, 1.54) is 0 Å².